The third-order valence-corrected chi connectivity index (χ3v) is 2.46. The maximum atomic E-state index is 11.2. The predicted molar refractivity (Wildman–Crippen MR) is 53.9 cm³/mol. The zero-order valence-electron chi connectivity index (χ0n) is 7.49. The van der Waals surface area contributed by atoms with E-state index in [2.05, 4.69) is 0 Å². The van der Waals surface area contributed by atoms with Crippen LogP contribution in [0.1, 0.15) is 19.8 Å². The lowest BCUT2D eigenvalue weighted by atomic mass is 10.3. The Morgan fingerprint density at radius 1 is 1.38 bits per heavy atom. The van der Waals surface area contributed by atoms with Crippen LogP contribution < -0.4 is 0 Å². The van der Waals surface area contributed by atoms with Crippen LogP contribution in [0, 0.1) is 0 Å². The number of rotatable bonds is 3. The van der Waals surface area contributed by atoms with Crippen molar-refractivity contribution in [1.82, 2.24) is 0 Å². The fourth-order valence-electron chi connectivity index (χ4n) is 0.901. The quantitative estimate of drug-likeness (QED) is 0.755. The fourth-order valence-corrected chi connectivity index (χ4v) is 1.74. The maximum absolute atomic E-state index is 11.2. The number of hydrogen-bond donors (Lipinski definition) is 1. The van der Waals surface area contributed by atoms with Crippen LogP contribution in [-0.2, 0) is 4.79 Å². The van der Waals surface area contributed by atoms with Crippen molar-refractivity contribution in [3.63, 3.8) is 0 Å². The summed E-state index contributed by atoms with van der Waals surface area (Å²) in [5.74, 6) is 0.229. The smallest absolute Gasteiger partial charge is 0.193 e. The van der Waals surface area contributed by atoms with Gasteiger partial charge in [-0.3, -0.25) is 4.79 Å². The van der Waals surface area contributed by atoms with Crippen LogP contribution in [0.3, 0.4) is 0 Å². The molecule has 1 rings (SSSR count). The summed E-state index contributed by atoms with van der Waals surface area (Å²) >= 11 is 1.23. The van der Waals surface area contributed by atoms with E-state index < -0.39 is 0 Å². The second-order valence-corrected chi connectivity index (χ2v) is 3.85. The van der Waals surface area contributed by atoms with E-state index in [1.165, 1.54) is 11.8 Å². The van der Waals surface area contributed by atoms with Gasteiger partial charge in [0.05, 0.1) is 0 Å². The van der Waals surface area contributed by atoms with Crippen LogP contribution in [0.4, 0.5) is 0 Å². The minimum atomic E-state index is 0.174. The highest BCUT2D eigenvalue weighted by atomic mass is 32.2. The first-order valence-electron chi connectivity index (χ1n) is 4.22. The Labute approximate surface area is 82.0 Å². The molecule has 0 aliphatic rings. The number of carbonyl (C=O) groups is 1. The Kier molecular flexibility index (Phi) is 3.83. The van der Waals surface area contributed by atoms with E-state index in [1.807, 2.05) is 6.92 Å². The maximum Gasteiger partial charge on any atom is 0.193 e. The van der Waals surface area contributed by atoms with Gasteiger partial charge in [0, 0.05) is 11.3 Å². The fraction of sp³-hybridized carbons (Fsp3) is 0.300. The molecule has 0 spiro atoms. The van der Waals surface area contributed by atoms with E-state index in [9.17, 15) is 4.79 Å². The van der Waals surface area contributed by atoms with Crippen molar-refractivity contribution >= 4 is 16.9 Å². The lowest BCUT2D eigenvalue weighted by Gasteiger charge is -1.98. The Morgan fingerprint density at radius 2 is 2.00 bits per heavy atom. The van der Waals surface area contributed by atoms with Gasteiger partial charge in [0.2, 0.25) is 0 Å². The molecule has 0 saturated heterocycles. The summed E-state index contributed by atoms with van der Waals surface area (Å²) in [6.45, 7) is 1.98. The molecule has 0 radical (unpaired) electrons. The van der Waals surface area contributed by atoms with Crippen molar-refractivity contribution < 1.29 is 9.90 Å². The molecular formula is C10H12O2S. The van der Waals surface area contributed by atoms with Crippen molar-refractivity contribution in [3.8, 4) is 5.75 Å². The van der Waals surface area contributed by atoms with Crippen molar-refractivity contribution in [2.24, 2.45) is 0 Å². The van der Waals surface area contributed by atoms with E-state index in [0.29, 0.717) is 6.42 Å². The number of carbonyl (C=O) groups excluding carboxylic acids is 1. The highest BCUT2D eigenvalue weighted by Gasteiger charge is 2.02. The summed E-state index contributed by atoms with van der Waals surface area (Å²) in [4.78, 5) is 12.1. The molecular weight excluding hydrogens is 184 g/mol. The molecule has 0 bridgehead atoms. The number of phenolic OH excluding ortho intramolecular Hbond substituents is 1. The van der Waals surface area contributed by atoms with Gasteiger partial charge in [-0.15, -0.1) is 0 Å². The summed E-state index contributed by atoms with van der Waals surface area (Å²) in [5, 5.41) is 9.17. The zero-order valence-corrected chi connectivity index (χ0v) is 8.30. The number of benzene rings is 1. The standard InChI is InChI=1S/C10H12O2S/c1-2-3-10(12)13-9-6-4-8(11)5-7-9/h4-7,11H,2-3H2,1H3. The lowest BCUT2D eigenvalue weighted by Crippen LogP contribution is -1.88. The highest BCUT2D eigenvalue weighted by molar-refractivity contribution is 8.13. The molecule has 1 aromatic rings. The van der Waals surface area contributed by atoms with Crippen LogP contribution in [0.2, 0.25) is 0 Å². The molecule has 1 aromatic carbocycles. The third kappa shape index (κ3) is 3.51. The number of hydrogen-bond acceptors (Lipinski definition) is 3. The molecule has 0 atom stereocenters. The van der Waals surface area contributed by atoms with Crippen LogP contribution in [0.5, 0.6) is 5.75 Å². The summed E-state index contributed by atoms with van der Waals surface area (Å²) < 4.78 is 0. The Balaban J connectivity index is 2.54. The zero-order chi connectivity index (χ0) is 9.68. The lowest BCUT2D eigenvalue weighted by molar-refractivity contribution is -0.111. The molecule has 0 unspecified atom stereocenters. The van der Waals surface area contributed by atoms with Gasteiger partial charge in [0.15, 0.2) is 5.12 Å². The molecule has 0 aromatic heterocycles. The summed E-state index contributed by atoms with van der Waals surface area (Å²) in [7, 11) is 0. The Morgan fingerprint density at radius 3 is 2.54 bits per heavy atom. The predicted octanol–water partition coefficient (Wildman–Crippen LogP) is 2.81. The molecule has 0 fully saturated rings. The highest BCUT2D eigenvalue weighted by Crippen LogP contribution is 2.22. The number of aromatic hydroxyl groups is 1. The van der Waals surface area contributed by atoms with Crippen molar-refractivity contribution in [2.75, 3.05) is 0 Å². The van der Waals surface area contributed by atoms with Gasteiger partial charge in [0.1, 0.15) is 5.75 Å². The monoisotopic (exact) mass is 196 g/mol. The Hall–Kier alpha value is -0.960. The number of phenols is 1. The summed E-state index contributed by atoms with van der Waals surface area (Å²) in [6, 6.07) is 6.66. The molecule has 0 saturated carbocycles. The molecule has 0 aliphatic heterocycles. The van der Waals surface area contributed by atoms with Crippen molar-refractivity contribution in [3.05, 3.63) is 24.3 Å². The second-order valence-electron chi connectivity index (χ2n) is 2.72. The van der Waals surface area contributed by atoms with E-state index in [-0.39, 0.29) is 10.9 Å². The van der Waals surface area contributed by atoms with Gasteiger partial charge < -0.3 is 5.11 Å². The van der Waals surface area contributed by atoms with Gasteiger partial charge in [0.25, 0.3) is 0 Å². The van der Waals surface area contributed by atoms with Crippen molar-refractivity contribution in [2.45, 2.75) is 24.7 Å². The first-order chi connectivity index (χ1) is 6.22. The third-order valence-electron chi connectivity index (χ3n) is 1.52. The molecule has 1 N–H and O–H groups in total. The first-order valence-corrected chi connectivity index (χ1v) is 5.03. The average molecular weight is 196 g/mol. The van der Waals surface area contributed by atoms with E-state index >= 15 is 0 Å². The van der Waals surface area contributed by atoms with E-state index in [1.54, 1.807) is 24.3 Å². The van der Waals surface area contributed by atoms with Crippen LogP contribution in [-0.4, -0.2) is 10.2 Å². The molecule has 0 heterocycles. The molecule has 0 aliphatic carbocycles. The molecule has 0 amide bonds. The average Bonchev–Trinajstić information content (AvgIpc) is 2.09. The molecule has 70 valence electrons. The van der Waals surface area contributed by atoms with Gasteiger partial charge in [-0.1, -0.05) is 18.7 Å². The van der Waals surface area contributed by atoms with Crippen molar-refractivity contribution in [1.29, 1.82) is 0 Å². The largest absolute Gasteiger partial charge is 0.508 e. The molecule has 3 heteroatoms. The molecule has 2 nitrogen and oxygen atoms in total. The first kappa shape index (κ1) is 10.1. The van der Waals surface area contributed by atoms with Crippen LogP contribution in [0.15, 0.2) is 29.2 Å². The van der Waals surface area contributed by atoms with Crippen LogP contribution in [0.25, 0.3) is 0 Å². The SMILES string of the molecule is CCCC(=O)Sc1ccc(O)cc1. The summed E-state index contributed by atoms with van der Waals surface area (Å²) in [5.41, 5.74) is 0. The minimum absolute atomic E-state index is 0.174. The second kappa shape index (κ2) is 4.92. The van der Waals surface area contributed by atoms with Crippen LogP contribution >= 0.6 is 11.8 Å². The van der Waals surface area contributed by atoms with Gasteiger partial charge in [-0.2, -0.15) is 0 Å². The van der Waals surface area contributed by atoms with E-state index in [4.69, 9.17) is 5.11 Å². The Bertz CT molecular complexity index is 279. The normalized spacial score (nSPS) is 9.92. The van der Waals surface area contributed by atoms with E-state index in [0.717, 1.165) is 11.3 Å². The summed E-state index contributed by atoms with van der Waals surface area (Å²) in [6.07, 6.45) is 1.48. The molecule has 13 heavy (non-hydrogen) atoms. The van der Waals surface area contributed by atoms with Gasteiger partial charge in [-0.25, -0.2) is 0 Å². The minimum Gasteiger partial charge on any atom is -0.508 e. The van der Waals surface area contributed by atoms with Gasteiger partial charge >= 0.3 is 0 Å². The topological polar surface area (TPSA) is 37.3 Å². The van der Waals surface area contributed by atoms with Gasteiger partial charge in [-0.05, 0) is 30.7 Å². The number of thioether (sulfide) groups is 1.